The molecule has 1 aromatic heterocycles. The fraction of sp³-hybridized carbons (Fsp3) is 0.577. The summed E-state index contributed by atoms with van der Waals surface area (Å²) in [6.45, 7) is 4.30. The minimum absolute atomic E-state index is 0.0882. The number of hydrogen-bond acceptors (Lipinski definition) is 4. The number of benzene rings is 1. The second-order valence-corrected chi connectivity index (χ2v) is 10.8. The van der Waals surface area contributed by atoms with E-state index in [0.29, 0.717) is 23.9 Å². The minimum Gasteiger partial charge on any atom is -0.382 e. The van der Waals surface area contributed by atoms with E-state index >= 15 is 0 Å². The Bertz CT molecular complexity index is 1060. The number of nitrogens with two attached hydrogens (primary N) is 1. The number of ketones is 1. The number of nitrogens with zero attached hydrogens (tertiary/aromatic N) is 2. The summed E-state index contributed by atoms with van der Waals surface area (Å²) < 4.78 is 1.96. The van der Waals surface area contributed by atoms with Gasteiger partial charge >= 0.3 is 0 Å². The molecule has 2 saturated carbocycles. The van der Waals surface area contributed by atoms with Crippen molar-refractivity contribution >= 4 is 17.4 Å². The smallest absolute Gasteiger partial charge is 0.250 e. The summed E-state index contributed by atoms with van der Waals surface area (Å²) in [5, 5.41) is 8.56. The van der Waals surface area contributed by atoms with E-state index in [9.17, 15) is 9.59 Å². The SMILES string of the molecule is CC1(C)CC(=O)c2c(CC3CC3)nn(-c3ccc(C(N)=O)c(NC4CCCCC4)c3)c2C1. The number of fused-ring (bicyclic) bond motifs is 1. The van der Waals surface area contributed by atoms with E-state index in [1.54, 1.807) is 6.07 Å². The summed E-state index contributed by atoms with van der Waals surface area (Å²) in [4.78, 5) is 25.2. The minimum atomic E-state index is -0.428. The second-order valence-electron chi connectivity index (χ2n) is 10.8. The van der Waals surface area contributed by atoms with Crippen LogP contribution in [0.2, 0.25) is 0 Å². The number of rotatable bonds is 6. The molecule has 0 atom stereocenters. The maximum Gasteiger partial charge on any atom is 0.250 e. The van der Waals surface area contributed by atoms with Gasteiger partial charge in [0.15, 0.2) is 5.78 Å². The number of aromatic nitrogens is 2. The Balaban J connectivity index is 1.57. The molecule has 0 unspecified atom stereocenters. The maximum absolute atomic E-state index is 13.1. The van der Waals surface area contributed by atoms with Gasteiger partial charge in [0.05, 0.1) is 28.2 Å². The molecule has 2 aromatic rings. The first kappa shape index (κ1) is 21.2. The molecule has 5 rings (SSSR count). The van der Waals surface area contributed by atoms with Gasteiger partial charge in [0.2, 0.25) is 0 Å². The van der Waals surface area contributed by atoms with Crippen LogP contribution in [0.5, 0.6) is 0 Å². The zero-order valence-electron chi connectivity index (χ0n) is 19.2. The molecule has 0 radical (unpaired) electrons. The van der Waals surface area contributed by atoms with Gasteiger partial charge in [-0.05, 0) is 68.1 Å². The lowest BCUT2D eigenvalue weighted by Gasteiger charge is -2.29. The Labute approximate surface area is 189 Å². The number of amides is 1. The van der Waals surface area contributed by atoms with Crippen molar-refractivity contribution in [2.24, 2.45) is 17.1 Å². The average Bonchev–Trinajstić information content (AvgIpc) is 3.47. The van der Waals surface area contributed by atoms with Crippen molar-refractivity contribution in [1.82, 2.24) is 9.78 Å². The fourth-order valence-corrected chi connectivity index (χ4v) is 5.44. The molecule has 3 N–H and O–H groups in total. The molecule has 6 nitrogen and oxygen atoms in total. The molecule has 3 aliphatic carbocycles. The first-order chi connectivity index (χ1) is 15.3. The Morgan fingerprint density at radius 2 is 1.91 bits per heavy atom. The number of carbonyl (C=O) groups is 2. The second kappa shape index (κ2) is 8.05. The molecule has 0 saturated heterocycles. The van der Waals surface area contributed by atoms with Gasteiger partial charge in [0, 0.05) is 18.2 Å². The highest BCUT2D eigenvalue weighted by Gasteiger charge is 2.38. The summed E-state index contributed by atoms with van der Waals surface area (Å²) >= 11 is 0. The highest BCUT2D eigenvalue weighted by Crippen LogP contribution is 2.40. The summed E-state index contributed by atoms with van der Waals surface area (Å²) in [5.74, 6) is 0.446. The van der Waals surface area contributed by atoms with Crippen LogP contribution in [0.4, 0.5) is 5.69 Å². The van der Waals surface area contributed by atoms with Crippen molar-refractivity contribution in [3.05, 3.63) is 40.7 Å². The monoisotopic (exact) mass is 434 g/mol. The lowest BCUT2D eigenvalue weighted by atomic mass is 9.75. The van der Waals surface area contributed by atoms with Crippen LogP contribution in [-0.4, -0.2) is 27.5 Å². The van der Waals surface area contributed by atoms with Crippen LogP contribution in [0.1, 0.15) is 97.3 Å². The summed E-state index contributed by atoms with van der Waals surface area (Å²) in [7, 11) is 0. The Hall–Kier alpha value is -2.63. The Kier molecular flexibility index (Phi) is 5.34. The summed E-state index contributed by atoms with van der Waals surface area (Å²) in [5.41, 5.74) is 10.6. The van der Waals surface area contributed by atoms with Crippen LogP contribution in [0.15, 0.2) is 18.2 Å². The molecule has 0 spiro atoms. The molecule has 2 fully saturated rings. The largest absolute Gasteiger partial charge is 0.382 e. The van der Waals surface area contributed by atoms with E-state index in [-0.39, 0.29) is 11.2 Å². The molecule has 3 aliphatic rings. The zero-order chi connectivity index (χ0) is 22.5. The third kappa shape index (κ3) is 4.19. The molecule has 1 heterocycles. The van der Waals surface area contributed by atoms with Crippen LogP contribution >= 0.6 is 0 Å². The van der Waals surface area contributed by atoms with Gasteiger partial charge < -0.3 is 11.1 Å². The zero-order valence-corrected chi connectivity index (χ0v) is 19.2. The van der Waals surface area contributed by atoms with Gasteiger partial charge in [-0.1, -0.05) is 33.1 Å². The number of carbonyl (C=O) groups excluding carboxylic acids is 2. The van der Waals surface area contributed by atoms with Crippen LogP contribution in [-0.2, 0) is 12.8 Å². The topological polar surface area (TPSA) is 90.0 Å². The van der Waals surface area contributed by atoms with Crippen molar-refractivity contribution in [3.8, 4) is 5.69 Å². The lowest BCUT2D eigenvalue weighted by molar-refractivity contribution is 0.0909. The van der Waals surface area contributed by atoms with Gasteiger partial charge in [-0.3, -0.25) is 9.59 Å². The van der Waals surface area contributed by atoms with E-state index < -0.39 is 5.91 Å². The molecule has 170 valence electrons. The van der Waals surface area contributed by atoms with E-state index in [0.717, 1.165) is 54.0 Å². The predicted molar refractivity (Wildman–Crippen MR) is 125 cm³/mol. The van der Waals surface area contributed by atoms with Crippen LogP contribution in [0, 0.1) is 11.3 Å². The summed E-state index contributed by atoms with van der Waals surface area (Å²) in [6, 6.07) is 6.06. The summed E-state index contributed by atoms with van der Waals surface area (Å²) in [6.07, 6.45) is 10.6. The third-order valence-electron chi connectivity index (χ3n) is 7.27. The van der Waals surface area contributed by atoms with Crippen molar-refractivity contribution in [1.29, 1.82) is 0 Å². The predicted octanol–water partition coefficient (Wildman–Crippen LogP) is 4.82. The standard InChI is InChI=1S/C26H34N4O2/c1-26(2)14-22-24(23(31)15-26)21(12-16-8-9-16)29-30(22)18-10-11-19(25(27)32)20(13-18)28-17-6-4-3-5-7-17/h10-11,13,16-17,28H,3-9,12,14-15H2,1-2H3,(H2,27,32). The molecule has 32 heavy (non-hydrogen) atoms. The van der Waals surface area contributed by atoms with E-state index in [4.69, 9.17) is 10.8 Å². The first-order valence-corrected chi connectivity index (χ1v) is 12.2. The fourth-order valence-electron chi connectivity index (χ4n) is 5.44. The number of nitrogens with one attached hydrogen (secondary N) is 1. The van der Waals surface area contributed by atoms with Gasteiger partial charge in [-0.25, -0.2) is 4.68 Å². The molecule has 0 bridgehead atoms. The number of primary amides is 1. The number of anilines is 1. The Morgan fingerprint density at radius 1 is 1.16 bits per heavy atom. The van der Waals surface area contributed by atoms with E-state index in [1.165, 1.54) is 32.1 Å². The van der Waals surface area contributed by atoms with Gasteiger partial charge in [0.1, 0.15) is 0 Å². The van der Waals surface area contributed by atoms with Crippen molar-refractivity contribution in [2.45, 2.75) is 84.1 Å². The van der Waals surface area contributed by atoms with Crippen molar-refractivity contribution < 1.29 is 9.59 Å². The third-order valence-corrected chi connectivity index (χ3v) is 7.27. The van der Waals surface area contributed by atoms with Crippen molar-refractivity contribution in [3.63, 3.8) is 0 Å². The Morgan fingerprint density at radius 3 is 2.59 bits per heavy atom. The molecule has 0 aliphatic heterocycles. The lowest BCUT2D eigenvalue weighted by Crippen LogP contribution is -2.28. The van der Waals surface area contributed by atoms with E-state index in [2.05, 4.69) is 19.2 Å². The molecular formula is C26H34N4O2. The highest BCUT2D eigenvalue weighted by atomic mass is 16.1. The maximum atomic E-state index is 13.1. The van der Waals surface area contributed by atoms with Crippen LogP contribution in [0.3, 0.4) is 0 Å². The van der Waals surface area contributed by atoms with Crippen LogP contribution < -0.4 is 11.1 Å². The highest BCUT2D eigenvalue weighted by molar-refractivity contribution is 6.00. The normalized spacial score (nSPS) is 20.8. The van der Waals surface area contributed by atoms with Gasteiger partial charge in [0.25, 0.3) is 5.91 Å². The average molecular weight is 435 g/mol. The van der Waals surface area contributed by atoms with Crippen molar-refractivity contribution in [2.75, 3.05) is 5.32 Å². The number of Topliss-reactive ketones (excluding diaryl/α,β-unsaturated/α-hetero) is 1. The molecular weight excluding hydrogens is 400 g/mol. The molecule has 1 aromatic carbocycles. The number of hydrogen-bond donors (Lipinski definition) is 2. The molecule has 6 heteroatoms. The molecule has 1 amide bonds. The van der Waals surface area contributed by atoms with Gasteiger partial charge in [-0.15, -0.1) is 0 Å². The first-order valence-electron chi connectivity index (χ1n) is 12.2. The van der Waals surface area contributed by atoms with Crippen LogP contribution in [0.25, 0.3) is 5.69 Å². The van der Waals surface area contributed by atoms with E-state index in [1.807, 2.05) is 16.8 Å². The van der Waals surface area contributed by atoms with Gasteiger partial charge in [-0.2, -0.15) is 5.10 Å². The quantitative estimate of drug-likeness (QED) is 0.682.